The fourth-order valence-electron chi connectivity index (χ4n) is 3.32. The van der Waals surface area contributed by atoms with E-state index < -0.39 is 34.2 Å². The molecule has 2 aromatic rings. The lowest BCUT2D eigenvalue weighted by Crippen LogP contribution is -2.43. The van der Waals surface area contributed by atoms with Crippen molar-refractivity contribution < 1.29 is 37.0 Å². The summed E-state index contributed by atoms with van der Waals surface area (Å²) in [5, 5.41) is -0.901. The Kier molecular flexibility index (Phi) is 6.11. The third kappa shape index (κ3) is 4.58. The van der Waals surface area contributed by atoms with Gasteiger partial charge < -0.3 is 14.4 Å². The molecule has 1 unspecified atom stereocenters. The number of fused-ring (bicyclic) bond motifs is 1. The van der Waals surface area contributed by atoms with Crippen molar-refractivity contribution in [3.63, 3.8) is 0 Å². The zero-order chi connectivity index (χ0) is 22.9. The van der Waals surface area contributed by atoms with Crippen molar-refractivity contribution in [2.75, 3.05) is 19.9 Å². The van der Waals surface area contributed by atoms with E-state index in [9.17, 15) is 27.6 Å². The van der Waals surface area contributed by atoms with Crippen LogP contribution in [0.15, 0.2) is 48.5 Å². The first-order chi connectivity index (χ1) is 15.2. The van der Waals surface area contributed by atoms with E-state index in [0.29, 0.717) is 11.8 Å². The van der Waals surface area contributed by atoms with Gasteiger partial charge in [0.05, 0.1) is 17.7 Å². The monoisotopic (exact) mass is 466 g/mol. The number of nitrogens with zero attached hydrogens (tertiary/aromatic N) is 2. The molecule has 32 heavy (non-hydrogen) atoms. The van der Waals surface area contributed by atoms with Crippen LogP contribution in [0.4, 0.5) is 18.0 Å². The van der Waals surface area contributed by atoms with Crippen LogP contribution in [0, 0.1) is 0 Å². The lowest BCUT2D eigenvalue weighted by Gasteiger charge is -2.30. The van der Waals surface area contributed by atoms with Crippen LogP contribution in [-0.4, -0.2) is 52.2 Å². The maximum Gasteiger partial charge on any atom is 0.416 e. The molecule has 168 valence electrons. The smallest absolute Gasteiger partial charge is 0.416 e. The largest absolute Gasteiger partial charge is 0.472 e. The quantitative estimate of drug-likeness (QED) is 0.646. The van der Waals surface area contributed by atoms with Crippen molar-refractivity contribution in [1.82, 2.24) is 9.80 Å². The molecule has 4 rings (SSSR count). The Labute approximate surface area is 185 Å². The standard InChI is InChI=1S/C21H17F3N2O5S/c22-21(23,24)14-6-7-16-15(10-14)17(27)25(12-31-16)8-9-30-18-19(28)32-20(29)26(18)11-13-4-2-1-3-5-13/h1-7,10,18H,8-9,11-12H2. The minimum Gasteiger partial charge on any atom is -0.472 e. The number of thioether (sulfide) groups is 1. The van der Waals surface area contributed by atoms with Gasteiger partial charge in [-0.2, -0.15) is 13.2 Å². The summed E-state index contributed by atoms with van der Waals surface area (Å²) in [6.07, 6.45) is -5.70. The van der Waals surface area contributed by atoms with Crippen LogP contribution in [0.2, 0.25) is 0 Å². The number of carbonyl (C=O) groups is 3. The Bertz CT molecular complexity index is 1050. The van der Waals surface area contributed by atoms with E-state index in [1.165, 1.54) is 9.80 Å². The average molecular weight is 466 g/mol. The normalized spacial score (nSPS) is 18.7. The van der Waals surface area contributed by atoms with Crippen molar-refractivity contribution >= 4 is 28.0 Å². The Morgan fingerprint density at radius 2 is 1.84 bits per heavy atom. The minimum atomic E-state index is -4.59. The molecule has 0 aromatic heterocycles. The van der Waals surface area contributed by atoms with E-state index in [-0.39, 0.29) is 37.7 Å². The molecule has 0 radical (unpaired) electrons. The molecule has 2 aliphatic rings. The highest BCUT2D eigenvalue weighted by Gasteiger charge is 2.41. The molecule has 2 aliphatic heterocycles. The number of rotatable bonds is 6. The third-order valence-electron chi connectivity index (χ3n) is 4.94. The highest BCUT2D eigenvalue weighted by molar-refractivity contribution is 8.26. The lowest BCUT2D eigenvalue weighted by atomic mass is 10.1. The van der Waals surface area contributed by atoms with E-state index in [1.807, 2.05) is 30.3 Å². The summed E-state index contributed by atoms with van der Waals surface area (Å²) in [6, 6.07) is 11.8. The Morgan fingerprint density at radius 3 is 2.56 bits per heavy atom. The van der Waals surface area contributed by atoms with E-state index >= 15 is 0 Å². The summed E-state index contributed by atoms with van der Waals surface area (Å²) in [7, 11) is 0. The van der Waals surface area contributed by atoms with Gasteiger partial charge in [0.1, 0.15) is 5.75 Å². The fourth-order valence-corrected chi connectivity index (χ4v) is 4.07. The van der Waals surface area contributed by atoms with Gasteiger partial charge in [-0.1, -0.05) is 30.3 Å². The number of benzene rings is 2. The second kappa shape index (κ2) is 8.83. The van der Waals surface area contributed by atoms with Crippen molar-refractivity contribution in [2.24, 2.45) is 0 Å². The van der Waals surface area contributed by atoms with E-state index in [2.05, 4.69) is 0 Å². The zero-order valence-electron chi connectivity index (χ0n) is 16.5. The molecule has 0 N–H and O–H groups in total. The Hall–Kier alpha value is -3.05. The van der Waals surface area contributed by atoms with E-state index in [1.54, 1.807) is 0 Å². The van der Waals surface area contributed by atoms with Crippen LogP contribution < -0.4 is 4.74 Å². The fraction of sp³-hybridized carbons (Fsp3) is 0.286. The molecule has 2 aromatic carbocycles. The number of amides is 2. The lowest BCUT2D eigenvalue weighted by molar-refractivity contribution is -0.137. The number of hydrogen-bond donors (Lipinski definition) is 0. The summed E-state index contributed by atoms with van der Waals surface area (Å²) in [5.74, 6) is -0.563. The van der Waals surface area contributed by atoms with Crippen LogP contribution in [0.1, 0.15) is 21.5 Å². The van der Waals surface area contributed by atoms with Gasteiger partial charge in [0.2, 0.25) is 11.3 Å². The molecule has 1 saturated heterocycles. The summed E-state index contributed by atoms with van der Waals surface area (Å²) in [4.78, 5) is 39.5. The number of hydrogen-bond acceptors (Lipinski definition) is 6. The molecular formula is C21H17F3N2O5S. The first kappa shape index (κ1) is 22.2. The SMILES string of the molecule is O=C1SC(=O)N(Cc2ccccc2)C1OCCN1COc2ccc(C(F)(F)F)cc2C1=O. The summed E-state index contributed by atoms with van der Waals surface area (Å²) >= 11 is 0.548. The van der Waals surface area contributed by atoms with Gasteiger partial charge in [-0.25, -0.2) is 0 Å². The predicted octanol–water partition coefficient (Wildman–Crippen LogP) is 3.74. The Balaban J connectivity index is 1.39. The van der Waals surface area contributed by atoms with Crippen molar-refractivity contribution in [3.05, 3.63) is 65.2 Å². The molecule has 0 bridgehead atoms. The Morgan fingerprint density at radius 1 is 1.09 bits per heavy atom. The van der Waals surface area contributed by atoms with Crippen LogP contribution in [0.5, 0.6) is 5.75 Å². The second-order valence-electron chi connectivity index (χ2n) is 7.07. The van der Waals surface area contributed by atoms with E-state index in [0.717, 1.165) is 23.8 Å². The van der Waals surface area contributed by atoms with Gasteiger partial charge in [0.25, 0.3) is 11.1 Å². The first-order valence-electron chi connectivity index (χ1n) is 9.55. The van der Waals surface area contributed by atoms with Crippen LogP contribution in [-0.2, 0) is 22.3 Å². The van der Waals surface area contributed by atoms with Crippen LogP contribution in [0.3, 0.4) is 0 Å². The number of ether oxygens (including phenoxy) is 2. The van der Waals surface area contributed by atoms with Gasteiger partial charge in [0.15, 0.2) is 6.73 Å². The number of carbonyl (C=O) groups excluding carboxylic acids is 3. The topological polar surface area (TPSA) is 76.2 Å². The van der Waals surface area contributed by atoms with Gasteiger partial charge >= 0.3 is 6.18 Å². The van der Waals surface area contributed by atoms with Crippen LogP contribution in [0.25, 0.3) is 0 Å². The number of halogens is 3. The van der Waals surface area contributed by atoms with Crippen LogP contribution >= 0.6 is 11.8 Å². The average Bonchev–Trinajstić information content (AvgIpc) is 3.02. The molecule has 1 atom stereocenters. The molecule has 2 amide bonds. The molecule has 0 saturated carbocycles. The maximum atomic E-state index is 13.0. The van der Waals surface area contributed by atoms with Gasteiger partial charge in [0, 0.05) is 24.9 Å². The highest BCUT2D eigenvalue weighted by atomic mass is 32.2. The van der Waals surface area contributed by atoms with Gasteiger partial charge in [-0.3, -0.25) is 19.3 Å². The van der Waals surface area contributed by atoms with Crippen molar-refractivity contribution in [2.45, 2.75) is 18.9 Å². The van der Waals surface area contributed by atoms with E-state index in [4.69, 9.17) is 9.47 Å². The second-order valence-corrected chi connectivity index (χ2v) is 8.03. The third-order valence-corrected chi connectivity index (χ3v) is 5.75. The van der Waals surface area contributed by atoms with Crippen molar-refractivity contribution in [3.8, 4) is 5.75 Å². The number of alkyl halides is 3. The summed E-state index contributed by atoms with van der Waals surface area (Å²) in [6.45, 7) is -0.127. The molecular weight excluding hydrogens is 449 g/mol. The maximum absolute atomic E-state index is 13.0. The predicted molar refractivity (Wildman–Crippen MR) is 108 cm³/mol. The molecule has 11 heteroatoms. The van der Waals surface area contributed by atoms with Gasteiger partial charge in [-0.15, -0.1) is 0 Å². The van der Waals surface area contributed by atoms with Crippen molar-refractivity contribution in [1.29, 1.82) is 0 Å². The first-order valence-corrected chi connectivity index (χ1v) is 10.4. The molecule has 2 heterocycles. The molecule has 1 fully saturated rings. The minimum absolute atomic E-state index is 0.0314. The zero-order valence-corrected chi connectivity index (χ0v) is 17.3. The summed E-state index contributed by atoms with van der Waals surface area (Å²) in [5.41, 5.74) is -0.323. The summed E-state index contributed by atoms with van der Waals surface area (Å²) < 4.78 is 49.9. The van der Waals surface area contributed by atoms with Gasteiger partial charge in [-0.05, 0) is 23.8 Å². The molecule has 0 spiro atoms. The molecule has 7 nitrogen and oxygen atoms in total. The highest BCUT2D eigenvalue weighted by Crippen LogP contribution is 2.34. The molecule has 0 aliphatic carbocycles.